The Bertz CT molecular complexity index is 1220. The molecule has 0 N–H and O–H groups in total. The van der Waals surface area contributed by atoms with Crippen LogP contribution in [0.15, 0.2) is 65.7 Å². The van der Waals surface area contributed by atoms with Gasteiger partial charge in [-0.1, -0.05) is 18.2 Å². The van der Waals surface area contributed by atoms with Gasteiger partial charge in [0.25, 0.3) is 0 Å². The third-order valence-electron chi connectivity index (χ3n) is 5.58. The van der Waals surface area contributed by atoms with Gasteiger partial charge in [0.1, 0.15) is 0 Å². The second-order valence-corrected chi connectivity index (χ2v) is 9.23. The van der Waals surface area contributed by atoms with Crippen LogP contribution >= 0.6 is 0 Å². The topological polar surface area (TPSA) is 77.8 Å². The minimum absolute atomic E-state index is 0.108. The van der Waals surface area contributed by atoms with Crippen LogP contribution in [0.25, 0.3) is 0 Å². The van der Waals surface area contributed by atoms with E-state index in [0.717, 1.165) is 11.3 Å². The van der Waals surface area contributed by atoms with E-state index in [-0.39, 0.29) is 10.7 Å². The minimum Gasteiger partial charge on any atom is -0.493 e. The fourth-order valence-electron chi connectivity index (χ4n) is 3.98. The molecule has 0 aliphatic carbocycles. The van der Waals surface area contributed by atoms with Crippen LogP contribution in [-0.2, 0) is 16.6 Å². The predicted molar refractivity (Wildman–Crippen MR) is 116 cm³/mol. The summed E-state index contributed by atoms with van der Waals surface area (Å²) in [4.78, 5) is 11.7. The molecule has 4 rings (SSSR count). The third-order valence-corrected chi connectivity index (χ3v) is 7.46. The molecule has 0 radical (unpaired) electrons. The van der Waals surface area contributed by atoms with Crippen molar-refractivity contribution in [2.24, 2.45) is 0 Å². The summed E-state index contributed by atoms with van der Waals surface area (Å²) < 4.78 is 41.6. The van der Waals surface area contributed by atoms with E-state index >= 15 is 0 Å². The van der Waals surface area contributed by atoms with Crippen molar-refractivity contribution in [2.75, 3.05) is 20.8 Å². The van der Waals surface area contributed by atoms with Gasteiger partial charge in [-0.2, -0.15) is 4.31 Å². The van der Waals surface area contributed by atoms with Crippen molar-refractivity contribution < 1.29 is 22.7 Å². The molecule has 31 heavy (non-hydrogen) atoms. The van der Waals surface area contributed by atoms with Gasteiger partial charge >= 0.3 is 0 Å². The van der Waals surface area contributed by atoms with Crippen LogP contribution in [0, 0.1) is 0 Å². The van der Waals surface area contributed by atoms with Crippen molar-refractivity contribution in [3.05, 3.63) is 77.6 Å². The molecular formula is C23H24N2O5S. The standard InChI is InChI=1S/C23H24N2O5S/c1-16(26)17-6-9-19(10-7-17)31(27,28)25-14-13-24-12-4-5-20(24)23(25)18-8-11-21(29-2)22(15-18)30-3/h4-12,15,23H,13-14H2,1-3H3. The average Bonchev–Trinajstić information content (AvgIpc) is 3.27. The quantitative estimate of drug-likeness (QED) is 0.548. The molecule has 0 amide bonds. The first kappa shape index (κ1) is 21.1. The van der Waals surface area contributed by atoms with Crippen molar-refractivity contribution in [2.45, 2.75) is 24.4 Å². The van der Waals surface area contributed by atoms with Gasteiger partial charge in [-0.25, -0.2) is 8.42 Å². The van der Waals surface area contributed by atoms with E-state index in [1.54, 1.807) is 32.4 Å². The van der Waals surface area contributed by atoms with Crippen LogP contribution in [-0.4, -0.2) is 43.8 Å². The maximum Gasteiger partial charge on any atom is 0.244 e. The summed E-state index contributed by atoms with van der Waals surface area (Å²) in [5, 5.41) is 0. The first-order valence-corrected chi connectivity index (χ1v) is 11.3. The monoisotopic (exact) mass is 440 g/mol. The summed E-state index contributed by atoms with van der Waals surface area (Å²) >= 11 is 0. The smallest absolute Gasteiger partial charge is 0.244 e. The van der Waals surface area contributed by atoms with Gasteiger partial charge in [-0.15, -0.1) is 0 Å². The molecule has 8 heteroatoms. The van der Waals surface area contributed by atoms with Gasteiger partial charge in [0, 0.05) is 30.5 Å². The van der Waals surface area contributed by atoms with E-state index in [4.69, 9.17) is 9.47 Å². The van der Waals surface area contributed by atoms with Crippen LogP contribution in [0.5, 0.6) is 11.5 Å². The number of ether oxygens (including phenoxy) is 2. The number of hydrogen-bond acceptors (Lipinski definition) is 5. The lowest BCUT2D eigenvalue weighted by Crippen LogP contribution is -2.42. The molecule has 1 unspecified atom stereocenters. The summed E-state index contributed by atoms with van der Waals surface area (Å²) in [6.07, 6.45) is 1.95. The maximum atomic E-state index is 13.6. The van der Waals surface area contributed by atoms with Crippen LogP contribution < -0.4 is 9.47 Å². The highest BCUT2D eigenvalue weighted by atomic mass is 32.2. The largest absolute Gasteiger partial charge is 0.493 e. The van der Waals surface area contributed by atoms with Crippen molar-refractivity contribution >= 4 is 15.8 Å². The van der Waals surface area contributed by atoms with Crippen molar-refractivity contribution in [1.29, 1.82) is 0 Å². The molecule has 0 fully saturated rings. The number of benzene rings is 2. The Morgan fingerprint density at radius 3 is 2.32 bits per heavy atom. The summed E-state index contributed by atoms with van der Waals surface area (Å²) in [6.45, 7) is 2.32. The molecule has 0 saturated carbocycles. The number of methoxy groups -OCH3 is 2. The van der Waals surface area contributed by atoms with Crippen molar-refractivity contribution in [3.8, 4) is 11.5 Å². The van der Waals surface area contributed by atoms with E-state index < -0.39 is 16.1 Å². The molecule has 1 aliphatic rings. The minimum atomic E-state index is -3.82. The molecule has 0 spiro atoms. The van der Waals surface area contributed by atoms with Gasteiger partial charge in [-0.3, -0.25) is 4.79 Å². The predicted octanol–water partition coefficient (Wildman–Crippen LogP) is 3.50. The molecule has 2 aromatic carbocycles. The van der Waals surface area contributed by atoms with Crippen LogP contribution in [0.4, 0.5) is 0 Å². The molecule has 0 saturated heterocycles. The Kier molecular flexibility index (Phi) is 5.60. The molecule has 1 atom stereocenters. The molecule has 1 aliphatic heterocycles. The average molecular weight is 441 g/mol. The summed E-state index contributed by atoms with van der Waals surface area (Å²) in [5.74, 6) is 1.00. The van der Waals surface area contributed by atoms with E-state index in [1.165, 1.54) is 23.4 Å². The number of Topliss-reactive ketones (excluding diaryl/α,β-unsaturated/α-hetero) is 1. The van der Waals surface area contributed by atoms with Gasteiger partial charge < -0.3 is 14.0 Å². The van der Waals surface area contributed by atoms with E-state index in [2.05, 4.69) is 4.57 Å². The Labute approximate surface area is 181 Å². The highest BCUT2D eigenvalue weighted by Crippen LogP contribution is 2.39. The number of ketones is 1. The number of fused-ring (bicyclic) bond motifs is 1. The van der Waals surface area contributed by atoms with E-state index in [1.807, 2.05) is 30.5 Å². The molecule has 162 valence electrons. The number of carbonyl (C=O) groups excluding carboxylic acids is 1. The molecule has 0 bridgehead atoms. The normalized spacial score (nSPS) is 16.5. The second kappa shape index (κ2) is 8.20. The molecule has 3 aromatic rings. The zero-order chi connectivity index (χ0) is 22.2. The first-order chi connectivity index (χ1) is 14.9. The lowest BCUT2D eigenvalue weighted by atomic mass is 10.0. The number of nitrogens with zero attached hydrogens (tertiary/aromatic N) is 2. The Morgan fingerprint density at radius 1 is 0.968 bits per heavy atom. The number of aromatic nitrogens is 1. The SMILES string of the molecule is COc1ccc(C2c3cccn3CCN2S(=O)(=O)c2ccc(C(C)=O)cc2)cc1OC. The molecule has 7 nitrogen and oxygen atoms in total. The number of rotatable bonds is 6. The van der Waals surface area contributed by atoms with E-state index in [0.29, 0.717) is 30.2 Å². The zero-order valence-electron chi connectivity index (χ0n) is 17.6. The summed E-state index contributed by atoms with van der Waals surface area (Å²) in [6, 6.07) is 14.9. The summed E-state index contributed by atoms with van der Waals surface area (Å²) in [7, 11) is -0.709. The number of hydrogen-bond donors (Lipinski definition) is 0. The Hall–Kier alpha value is -3.10. The maximum absolute atomic E-state index is 13.6. The van der Waals surface area contributed by atoms with Gasteiger partial charge in [0.05, 0.1) is 25.2 Å². The lowest BCUT2D eigenvalue weighted by Gasteiger charge is -2.36. The third kappa shape index (κ3) is 3.73. The van der Waals surface area contributed by atoms with Gasteiger partial charge in [-0.05, 0) is 48.9 Å². The highest BCUT2D eigenvalue weighted by Gasteiger charge is 2.38. The molecule has 1 aromatic heterocycles. The first-order valence-electron chi connectivity index (χ1n) is 9.86. The van der Waals surface area contributed by atoms with Crippen LogP contribution in [0.2, 0.25) is 0 Å². The summed E-state index contributed by atoms with van der Waals surface area (Å²) in [5.41, 5.74) is 2.13. The number of carbonyl (C=O) groups is 1. The van der Waals surface area contributed by atoms with Crippen LogP contribution in [0.1, 0.15) is 34.6 Å². The molecule has 2 heterocycles. The van der Waals surface area contributed by atoms with Gasteiger partial charge in [0.2, 0.25) is 10.0 Å². The highest BCUT2D eigenvalue weighted by molar-refractivity contribution is 7.89. The zero-order valence-corrected chi connectivity index (χ0v) is 18.4. The lowest BCUT2D eigenvalue weighted by molar-refractivity contribution is 0.101. The second-order valence-electron chi connectivity index (χ2n) is 7.34. The van der Waals surface area contributed by atoms with Crippen LogP contribution in [0.3, 0.4) is 0 Å². The fourth-order valence-corrected chi connectivity index (χ4v) is 5.56. The van der Waals surface area contributed by atoms with Crippen molar-refractivity contribution in [3.63, 3.8) is 0 Å². The molecular weight excluding hydrogens is 416 g/mol. The fraction of sp³-hybridized carbons (Fsp3) is 0.261. The van der Waals surface area contributed by atoms with Crippen molar-refractivity contribution in [1.82, 2.24) is 8.87 Å². The van der Waals surface area contributed by atoms with Gasteiger partial charge in [0.15, 0.2) is 17.3 Å². The van der Waals surface area contributed by atoms with E-state index in [9.17, 15) is 13.2 Å². The Balaban J connectivity index is 1.82. The Morgan fingerprint density at radius 2 is 1.68 bits per heavy atom. The number of sulfonamides is 1.